The second-order valence-corrected chi connectivity index (χ2v) is 6.19. The zero-order valence-electron chi connectivity index (χ0n) is 11.4. The fourth-order valence-corrected chi connectivity index (χ4v) is 3.09. The van der Waals surface area contributed by atoms with Gasteiger partial charge < -0.3 is 14.5 Å². The molecule has 0 radical (unpaired) electrons. The monoisotopic (exact) mass is 295 g/mol. The Bertz CT molecular complexity index is 629. The second kappa shape index (κ2) is 5.75. The summed E-state index contributed by atoms with van der Waals surface area (Å²) in [5.74, 6) is 1.50. The van der Waals surface area contributed by atoms with Crippen LogP contribution < -0.4 is 9.47 Å². The number of aryl methyl sites for hydroxylation is 1. The number of aromatic amines is 1. The van der Waals surface area contributed by atoms with Crippen LogP contribution in [0.4, 0.5) is 0 Å². The minimum absolute atomic E-state index is 0.106. The summed E-state index contributed by atoms with van der Waals surface area (Å²) in [7, 11) is 1.65. The SMILES string of the molecule is COc1ccc(-c2sc(=S)[nH]c2C)cc1OC(C)C. The molecule has 102 valence electrons. The second-order valence-electron chi connectivity index (χ2n) is 4.50. The van der Waals surface area contributed by atoms with E-state index in [-0.39, 0.29) is 6.10 Å². The van der Waals surface area contributed by atoms with Gasteiger partial charge in [0, 0.05) is 5.69 Å². The van der Waals surface area contributed by atoms with Crippen molar-refractivity contribution in [1.82, 2.24) is 4.98 Å². The first kappa shape index (κ1) is 14.1. The highest BCUT2D eigenvalue weighted by Crippen LogP contribution is 2.36. The lowest BCUT2D eigenvalue weighted by Gasteiger charge is -2.14. The van der Waals surface area contributed by atoms with Crippen molar-refractivity contribution in [1.29, 1.82) is 0 Å². The van der Waals surface area contributed by atoms with Gasteiger partial charge in [-0.15, -0.1) is 11.3 Å². The number of nitrogens with one attached hydrogen (secondary N) is 1. The van der Waals surface area contributed by atoms with E-state index in [1.165, 1.54) is 0 Å². The van der Waals surface area contributed by atoms with Gasteiger partial charge in [0.15, 0.2) is 15.5 Å². The molecule has 2 aromatic rings. The van der Waals surface area contributed by atoms with E-state index >= 15 is 0 Å². The van der Waals surface area contributed by atoms with E-state index in [2.05, 4.69) is 4.98 Å². The number of hydrogen-bond acceptors (Lipinski definition) is 4. The van der Waals surface area contributed by atoms with E-state index in [0.717, 1.165) is 31.6 Å². The molecule has 19 heavy (non-hydrogen) atoms. The topological polar surface area (TPSA) is 34.2 Å². The third kappa shape index (κ3) is 3.16. The van der Waals surface area contributed by atoms with Crippen molar-refractivity contribution in [2.45, 2.75) is 26.9 Å². The third-order valence-electron chi connectivity index (χ3n) is 2.61. The van der Waals surface area contributed by atoms with Crippen LogP contribution in [0, 0.1) is 10.9 Å². The number of hydrogen-bond donors (Lipinski definition) is 1. The van der Waals surface area contributed by atoms with Crippen molar-refractivity contribution in [3.63, 3.8) is 0 Å². The Kier molecular flexibility index (Phi) is 4.27. The lowest BCUT2D eigenvalue weighted by molar-refractivity contribution is 0.230. The number of methoxy groups -OCH3 is 1. The van der Waals surface area contributed by atoms with Crippen LogP contribution in [-0.4, -0.2) is 18.2 Å². The number of ether oxygens (including phenoxy) is 2. The van der Waals surface area contributed by atoms with Gasteiger partial charge in [-0.25, -0.2) is 0 Å². The van der Waals surface area contributed by atoms with Gasteiger partial charge in [-0.05, 0) is 56.8 Å². The molecule has 5 heteroatoms. The highest BCUT2D eigenvalue weighted by molar-refractivity contribution is 7.73. The van der Waals surface area contributed by atoms with Crippen LogP contribution in [0.25, 0.3) is 10.4 Å². The maximum Gasteiger partial charge on any atom is 0.162 e. The van der Waals surface area contributed by atoms with Gasteiger partial charge in [-0.1, -0.05) is 0 Å². The van der Waals surface area contributed by atoms with E-state index in [4.69, 9.17) is 21.7 Å². The molecule has 0 aliphatic rings. The van der Waals surface area contributed by atoms with E-state index < -0.39 is 0 Å². The summed E-state index contributed by atoms with van der Waals surface area (Å²) in [6.45, 7) is 6.02. The quantitative estimate of drug-likeness (QED) is 0.839. The minimum atomic E-state index is 0.106. The molecule has 0 spiro atoms. The van der Waals surface area contributed by atoms with Crippen molar-refractivity contribution < 1.29 is 9.47 Å². The fourth-order valence-electron chi connectivity index (χ4n) is 1.84. The molecule has 0 aliphatic carbocycles. The van der Waals surface area contributed by atoms with Crippen molar-refractivity contribution in [2.24, 2.45) is 0 Å². The highest BCUT2D eigenvalue weighted by atomic mass is 32.1. The molecule has 0 amide bonds. The van der Waals surface area contributed by atoms with Crippen LogP contribution in [0.5, 0.6) is 11.5 Å². The summed E-state index contributed by atoms with van der Waals surface area (Å²) >= 11 is 6.75. The van der Waals surface area contributed by atoms with Crippen molar-refractivity contribution in [2.75, 3.05) is 7.11 Å². The molecule has 3 nitrogen and oxygen atoms in total. The van der Waals surface area contributed by atoms with Gasteiger partial charge >= 0.3 is 0 Å². The summed E-state index contributed by atoms with van der Waals surface area (Å²) in [6, 6.07) is 5.95. The summed E-state index contributed by atoms with van der Waals surface area (Å²) in [5.41, 5.74) is 2.17. The first-order valence-electron chi connectivity index (χ1n) is 6.06. The Morgan fingerprint density at radius 3 is 2.53 bits per heavy atom. The fraction of sp³-hybridized carbons (Fsp3) is 0.357. The lowest BCUT2D eigenvalue weighted by Crippen LogP contribution is -2.06. The molecule has 2 rings (SSSR count). The molecular formula is C14H17NO2S2. The molecule has 1 N–H and O–H groups in total. The molecule has 0 bridgehead atoms. The number of benzene rings is 1. The van der Waals surface area contributed by atoms with Crippen LogP contribution in [0.1, 0.15) is 19.5 Å². The van der Waals surface area contributed by atoms with Crippen molar-refractivity contribution in [3.05, 3.63) is 27.8 Å². The minimum Gasteiger partial charge on any atom is -0.493 e. The van der Waals surface area contributed by atoms with E-state index in [9.17, 15) is 0 Å². The summed E-state index contributed by atoms with van der Waals surface area (Å²) < 4.78 is 11.9. The predicted octanol–water partition coefficient (Wildman–Crippen LogP) is 4.58. The summed E-state index contributed by atoms with van der Waals surface area (Å²) in [4.78, 5) is 4.30. The molecule has 0 aliphatic heterocycles. The zero-order valence-corrected chi connectivity index (χ0v) is 13.1. The van der Waals surface area contributed by atoms with Crippen LogP contribution in [0.15, 0.2) is 18.2 Å². The van der Waals surface area contributed by atoms with Gasteiger partial charge in [0.25, 0.3) is 0 Å². The Labute approximate surface area is 122 Å². The van der Waals surface area contributed by atoms with Gasteiger partial charge in [0.2, 0.25) is 0 Å². The molecule has 0 fully saturated rings. The smallest absolute Gasteiger partial charge is 0.162 e. The van der Waals surface area contributed by atoms with Gasteiger partial charge in [0.1, 0.15) is 0 Å². The van der Waals surface area contributed by atoms with Crippen molar-refractivity contribution >= 4 is 23.6 Å². The van der Waals surface area contributed by atoms with Crippen LogP contribution >= 0.6 is 23.6 Å². The number of thiazole rings is 1. The van der Waals surface area contributed by atoms with Gasteiger partial charge in [0.05, 0.1) is 18.1 Å². The maximum absolute atomic E-state index is 5.79. The Morgan fingerprint density at radius 2 is 2.00 bits per heavy atom. The lowest BCUT2D eigenvalue weighted by atomic mass is 10.1. The van der Waals surface area contributed by atoms with E-state index in [0.29, 0.717) is 0 Å². The van der Waals surface area contributed by atoms with Crippen molar-refractivity contribution in [3.8, 4) is 21.9 Å². The number of aromatic nitrogens is 1. The average molecular weight is 295 g/mol. The largest absolute Gasteiger partial charge is 0.493 e. The highest BCUT2D eigenvalue weighted by Gasteiger charge is 2.11. The van der Waals surface area contributed by atoms with E-state index in [1.54, 1.807) is 18.4 Å². The first-order valence-corrected chi connectivity index (χ1v) is 7.28. The standard InChI is InChI=1S/C14H17NO2S2/c1-8(2)17-12-7-10(5-6-11(12)16-4)13-9(3)15-14(18)19-13/h5-8H,1-4H3,(H,15,18). The van der Waals surface area contributed by atoms with Gasteiger partial charge in [-0.2, -0.15) is 0 Å². The van der Waals surface area contributed by atoms with Crippen LogP contribution in [0.2, 0.25) is 0 Å². The molecule has 0 atom stereocenters. The van der Waals surface area contributed by atoms with Crippen LogP contribution in [-0.2, 0) is 0 Å². The Morgan fingerprint density at radius 1 is 1.26 bits per heavy atom. The first-order chi connectivity index (χ1) is 9.01. The molecule has 1 heterocycles. The van der Waals surface area contributed by atoms with Gasteiger partial charge in [-0.3, -0.25) is 0 Å². The molecular weight excluding hydrogens is 278 g/mol. The summed E-state index contributed by atoms with van der Waals surface area (Å²) in [5, 5.41) is 0. The maximum atomic E-state index is 5.79. The molecule has 0 unspecified atom stereocenters. The molecule has 1 aromatic carbocycles. The number of H-pyrrole nitrogens is 1. The molecule has 0 saturated carbocycles. The van der Waals surface area contributed by atoms with Crippen LogP contribution in [0.3, 0.4) is 0 Å². The normalized spacial score (nSPS) is 10.8. The average Bonchev–Trinajstić information content (AvgIpc) is 2.67. The Balaban J connectivity index is 2.48. The third-order valence-corrected chi connectivity index (χ3v) is 4.00. The zero-order chi connectivity index (χ0) is 14.0. The predicted molar refractivity (Wildman–Crippen MR) is 82.0 cm³/mol. The molecule has 1 aromatic heterocycles. The van der Waals surface area contributed by atoms with E-state index in [1.807, 2.05) is 39.0 Å². The Hall–Kier alpha value is -1.33. The number of rotatable bonds is 4. The summed E-state index contributed by atoms with van der Waals surface area (Å²) in [6.07, 6.45) is 0.106. The molecule has 0 saturated heterocycles.